The molecule has 11 rings (SSSR count). The summed E-state index contributed by atoms with van der Waals surface area (Å²) in [6, 6.07) is 61.1. The normalized spacial score (nSPS) is 12.8. The van der Waals surface area contributed by atoms with Crippen LogP contribution in [0.2, 0.25) is 0 Å². The zero-order valence-corrected chi connectivity index (χ0v) is 32.0. The Morgan fingerprint density at radius 3 is 1.81 bits per heavy atom. The molecule has 0 bridgehead atoms. The molecule has 10 aromatic rings. The zero-order chi connectivity index (χ0) is 38.8. The maximum atomic E-state index is 6.55. The largest absolute Gasteiger partial charge is 0.456 e. The molecule has 0 amide bonds. The standard InChI is InChI=1S/C53H36N4O/c1-53(2)43-22-10-9-18-39(43)47-41(20-11-23-44(47)53)49-42(21-13-31-54-49)52-56-50(36-27-25-34(26-28-36)33-14-5-3-6-15-33)55-51(57-52)37-29-30-40-46(32-37)58-45-24-12-19-38(48(40)45)35-16-7-4-8-17-35/h3-32H,1-2H3. The summed E-state index contributed by atoms with van der Waals surface area (Å²) in [4.78, 5) is 20.7. The summed E-state index contributed by atoms with van der Waals surface area (Å²) in [6.45, 7) is 4.60. The molecule has 0 aliphatic heterocycles. The minimum Gasteiger partial charge on any atom is -0.456 e. The first kappa shape index (κ1) is 33.8. The van der Waals surface area contributed by atoms with Gasteiger partial charge in [0.25, 0.3) is 0 Å². The van der Waals surface area contributed by atoms with Crippen LogP contribution in [-0.2, 0) is 5.41 Å². The van der Waals surface area contributed by atoms with Crippen molar-refractivity contribution >= 4 is 21.9 Å². The maximum absolute atomic E-state index is 6.55. The molecule has 0 saturated carbocycles. The number of rotatable bonds is 6. The highest BCUT2D eigenvalue weighted by Crippen LogP contribution is 2.52. The topological polar surface area (TPSA) is 64.7 Å². The lowest BCUT2D eigenvalue weighted by molar-refractivity contribution is 0.660. The highest BCUT2D eigenvalue weighted by Gasteiger charge is 2.37. The summed E-state index contributed by atoms with van der Waals surface area (Å²) in [5.74, 6) is 1.68. The third-order valence-electron chi connectivity index (χ3n) is 11.6. The van der Waals surface area contributed by atoms with Gasteiger partial charge in [-0.05, 0) is 74.8 Å². The van der Waals surface area contributed by atoms with Crippen molar-refractivity contribution in [3.8, 4) is 78.8 Å². The molecule has 1 aliphatic carbocycles. The minimum absolute atomic E-state index is 0.145. The third kappa shape index (κ3) is 5.47. The number of fused-ring (bicyclic) bond motifs is 6. The molecule has 0 unspecified atom stereocenters. The van der Waals surface area contributed by atoms with Crippen LogP contribution in [0.5, 0.6) is 0 Å². The van der Waals surface area contributed by atoms with Crippen LogP contribution >= 0.6 is 0 Å². The first-order valence-electron chi connectivity index (χ1n) is 19.6. The molecule has 0 fully saturated rings. The van der Waals surface area contributed by atoms with Crippen molar-refractivity contribution < 1.29 is 4.42 Å². The van der Waals surface area contributed by atoms with Crippen LogP contribution in [0.4, 0.5) is 0 Å². The highest BCUT2D eigenvalue weighted by atomic mass is 16.3. The van der Waals surface area contributed by atoms with Crippen LogP contribution in [0.1, 0.15) is 25.0 Å². The number of hydrogen-bond donors (Lipinski definition) is 0. The number of hydrogen-bond acceptors (Lipinski definition) is 5. The van der Waals surface area contributed by atoms with E-state index in [1.807, 2.05) is 30.5 Å². The summed E-state index contributed by atoms with van der Waals surface area (Å²) in [5, 5.41) is 2.13. The smallest absolute Gasteiger partial charge is 0.166 e. The lowest BCUT2D eigenvalue weighted by Gasteiger charge is -2.21. The fraction of sp³-hybridized carbons (Fsp3) is 0.0566. The number of nitrogens with zero attached hydrogens (tertiary/aromatic N) is 4. The van der Waals surface area contributed by atoms with Crippen molar-refractivity contribution in [2.75, 3.05) is 0 Å². The Balaban J connectivity index is 1.10. The van der Waals surface area contributed by atoms with Gasteiger partial charge in [0.05, 0.1) is 5.69 Å². The molecule has 1 aliphatic rings. The van der Waals surface area contributed by atoms with Gasteiger partial charge < -0.3 is 4.42 Å². The van der Waals surface area contributed by atoms with Gasteiger partial charge in [0.15, 0.2) is 17.5 Å². The Labute approximate surface area is 336 Å². The van der Waals surface area contributed by atoms with Gasteiger partial charge in [0, 0.05) is 44.6 Å². The van der Waals surface area contributed by atoms with Crippen molar-refractivity contribution in [2.45, 2.75) is 19.3 Å². The number of furan rings is 1. The van der Waals surface area contributed by atoms with E-state index in [1.54, 1.807) is 0 Å². The predicted molar refractivity (Wildman–Crippen MR) is 235 cm³/mol. The Hall–Kier alpha value is -7.50. The Bertz CT molecular complexity index is 3190. The average molecular weight is 745 g/mol. The van der Waals surface area contributed by atoms with Crippen LogP contribution < -0.4 is 0 Å². The lowest BCUT2D eigenvalue weighted by atomic mass is 9.82. The minimum atomic E-state index is -0.145. The molecular formula is C53H36N4O. The number of pyridine rings is 1. The van der Waals surface area contributed by atoms with E-state index in [2.05, 4.69) is 166 Å². The first-order valence-corrected chi connectivity index (χ1v) is 19.6. The van der Waals surface area contributed by atoms with Crippen molar-refractivity contribution in [3.63, 3.8) is 0 Å². The van der Waals surface area contributed by atoms with E-state index in [9.17, 15) is 0 Å². The van der Waals surface area contributed by atoms with E-state index in [-0.39, 0.29) is 5.41 Å². The zero-order valence-electron chi connectivity index (χ0n) is 32.0. The van der Waals surface area contributed by atoms with E-state index >= 15 is 0 Å². The van der Waals surface area contributed by atoms with Crippen LogP contribution in [0.15, 0.2) is 187 Å². The quantitative estimate of drug-likeness (QED) is 0.170. The summed E-state index contributed by atoms with van der Waals surface area (Å²) < 4.78 is 6.55. The summed E-state index contributed by atoms with van der Waals surface area (Å²) in [7, 11) is 0. The molecule has 0 radical (unpaired) electrons. The van der Waals surface area contributed by atoms with Gasteiger partial charge in [0.1, 0.15) is 11.2 Å². The molecule has 0 atom stereocenters. The van der Waals surface area contributed by atoms with Crippen LogP contribution in [-0.4, -0.2) is 19.9 Å². The molecule has 3 aromatic heterocycles. The van der Waals surface area contributed by atoms with Crippen molar-refractivity contribution in [2.24, 2.45) is 0 Å². The molecule has 58 heavy (non-hydrogen) atoms. The second-order valence-corrected chi connectivity index (χ2v) is 15.4. The fourth-order valence-electron chi connectivity index (χ4n) is 8.77. The van der Waals surface area contributed by atoms with Gasteiger partial charge in [-0.2, -0.15) is 0 Å². The Morgan fingerprint density at radius 1 is 0.414 bits per heavy atom. The molecule has 3 heterocycles. The number of aromatic nitrogens is 4. The summed E-state index contributed by atoms with van der Waals surface area (Å²) >= 11 is 0. The molecule has 5 nitrogen and oxygen atoms in total. The van der Waals surface area contributed by atoms with Gasteiger partial charge in [-0.15, -0.1) is 0 Å². The molecule has 0 N–H and O–H groups in total. The van der Waals surface area contributed by atoms with Crippen LogP contribution in [0, 0.1) is 0 Å². The molecule has 274 valence electrons. The van der Waals surface area contributed by atoms with E-state index in [4.69, 9.17) is 24.4 Å². The van der Waals surface area contributed by atoms with Crippen LogP contribution in [0.3, 0.4) is 0 Å². The lowest BCUT2D eigenvalue weighted by Crippen LogP contribution is -2.14. The van der Waals surface area contributed by atoms with Gasteiger partial charge in [-0.1, -0.05) is 159 Å². The molecule has 5 heteroatoms. The average Bonchev–Trinajstić information content (AvgIpc) is 3.78. The van der Waals surface area contributed by atoms with Gasteiger partial charge in [-0.3, -0.25) is 4.98 Å². The first-order chi connectivity index (χ1) is 28.5. The van der Waals surface area contributed by atoms with Gasteiger partial charge in [-0.25, -0.2) is 15.0 Å². The van der Waals surface area contributed by atoms with E-state index < -0.39 is 0 Å². The predicted octanol–water partition coefficient (Wildman–Crippen LogP) is 13.5. The van der Waals surface area contributed by atoms with Crippen molar-refractivity contribution in [1.82, 2.24) is 19.9 Å². The monoisotopic (exact) mass is 744 g/mol. The molecule has 7 aromatic carbocycles. The van der Waals surface area contributed by atoms with Crippen LogP contribution in [0.25, 0.3) is 101 Å². The summed E-state index contributed by atoms with van der Waals surface area (Å²) in [6.07, 6.45) is 1.86. The molecule has 0 saturated heterocycles. The highest BCUT2D eigenvalue weighted by molar-refractivity contribution is 6.13. The second-order valence-electron chi connectivity index (χ2n) is 15.4. The Morgan fingerprint density at radius 2 is 1.00 bits per heavy atom. The maximum Gasteiger partial charge on any atom is 0.166 e. The fourth-order valence-corrected chi connectivity index (χ4v) is 8.77. The van der Waals surface area contributed by atoms with E-state index in [0.717, 1.165) is 72.1 Å². The molecule has 0 spiro atoms. The van der Waals surface area contributed by atoms with Gasteiger partial charge >= 0.3 is 0 Å². The third-order valence-corrected chi connectivity index (χ3v) is 11.6. The van der Waals surface area contributed by atoms with Crippen molar-refractivity contribution in [1.29, 1.82) is 0 Å². The Kier molecular flexibility index (Phi) is 7.76. The van der Waals surface area contributed by atoms with Crippen molar-refractivity contribution in [3.05, 3.63) is 193 Å². The van der Waals surface area contributed by atoms with E-state index in [1.165, 1.54) is 22.3 Å². The number of benzene rings is 7. The SMILES string of the molecule is CC1(C)c2ccccc2-c2c(-c3ncccc3-c3nc(-c4ccc(-c5ccccc5)cc4)nc(-c4ccc5c(c4)oc4cccc(-c6ccccc6)c45)n3)cccc21. The van der Waals surface area contributed by atoms with Gasteiger partial charge in [0.2, 0.25) is 0 Å². The van der Waals surface area contributed by atoms with E-state index in [0.29, 0.717) is 17.5 Å². The molecular weight excluding hydrogens is 709 g/mol. The second kappa shape index (κ2) is 13.3. The summed E-state index contributed by atoms with van der Waals surface area (Å²) in [5.41, 5.74) is 15.5.